The smallest absolute Gasteiger partial charge is 0.0786 e. The van der Waals surface area contributed by atoms with Crippen molar-refractivity contribution in [3.63, 3.8) is 0 Å². The van der Waals surface area contributed by atoms with Crippen molar-refractivity contribution in [2.24, 2.45) is 0 Å². The topological polar surface area (TPSA) is 18.5 Å². The van der Waals surface area contributed by atoms with Gasteiger partial charge in [0.05, 0.1) is 16.4 Å². The van der Waals surface area contributed by atoms with E-state index in [1.54, 1.807) is 0 Å². The van der Waals surface area contributed by atoms with Gasteiger partial charge in [-0.1, -0.05) is 24.6 Å². The summed E-state index contributed by atoms with van der Waals surface area (Å²) in [6.45, 7) is 5.92. The highest BCUT2D eigenvalue weighted by Gasteiger charge is 2.18. The largest absolute Gasteiger partial charge is 0.381 e. The van der Waals surface area contributed by atoms with Gasteiger partial charge in [-0.3, -0.25) is 0 Å². The van der Waals surface area contributed by atoms with Crippen molar-refractivity contribution in [2.75, 3.05) is 43.9 Å². The van der Waals surface area contributed by atoms with Gasteiger partial charge in [-0.15, -0.1) is 0 Å². The monoisotopic (exact) mass is 309 g/mol. The van der Waals surface area contributed by atoms with Crippen LogP contribution in [0.15, 0.2) is 18.2 Å². The van der Waals surface area contributed by atoms with Crippen LogP contribution in [0.3, 0.4) is 0 Å². The van der Waals surface area contributed by atoms with Crippen LogP contribution in [-0.2, 0) is 0 Å². The molecule has 0 bridgehead atoms. The fourth-order valence-corrected chi connectivity index (χ4v) is 3.49. The number of likely N-dealkylation sites (tertiary alicyclic amines) is 1. The minimum atomic E-state index is 0.545. The third-order valence-electron chi connectivity index (χ3n) is 4.15. The Hall–Kier alpha value is -0.930. The van der Waals surface area contributed by atoms with E-state index in [2.05, 4.69) is 28.1 Å². The highest BCUT2D eigenvalue weighted by Crippen LogP contribution is 2.33. The minimum Gasteiger partial charge on any atom is -0.381 e. The van der Waals surface area contributed by atoms with Gasteiger partial charge >= 0.3 is 0 Å². The van der Waals surface area contributed by atoms with Gasteiger partial charge in [0.25, 0.3) is 0 Å². The summed E-state index contributed by atoms with van der Waals surface area (Å²) in [7, 11) is 4.09. The van der Waals surface area contributed by atoms with E-state index in [9.17, 15) is 0 Å². The van der Waals surface area contributed by atoms with E-state index in [4.69, 9.17) is 11.6 Å². The molecule has 0 amide bonds. The molecule has 1 aliphatic rings. The van der Waals surface area contributed by atoms with Crippen molar-refractivity contribution >= 4 is 23.0 Å². The molecule has 1 fully saturated rings. The summed E-state index contributed by atoms with van der Waals surface area (Å²) in [6, 6.07) is 6.66. The summed E-state index contributed by atoms with van der Waals surface area (Å²) in [6.07, 6.45) is 4.96. The van der Waals surface area contributed by atoms with E-state index in [1.807, 2.05) is 26.2 Å². The Balaban J connectivity index is 2.03. The van der Waals surface area contributed by atoms with E-state index in [-0.39, 0.29) is 0 Å². The molecule has 1 N–H and O–H groups in total. The van der Waals surface area contributed by atoms with Crippen molar-refractivity contribution in [3.8, 4) is 0 Å². The summed E-state index contributed by atoms with van der Waals surface area (Å²) in [5, 5.41) is 4.53. The standard InChI is InChI=1S/C17H28ClN3/c1-4-11-21-12-6-7-14(10-13-21)19-16-9-5-8-15(18)17(16)20(2)3/h5,8-9,14,19H,4,6-7,10-13H2,1-3H3. The maximum absolute atomic E-state index is 6.35. The molecule has 1 saturated heterocycles. The molecule has 0 aromatic heterocycles. The van der Waals surface area contributed by atoms with Gasteiger partial charge in [0.15, 0.2) is 0 Å². The number of halogens is 1. The van der Waals surface area contributed by atoms with Gasteiger partial charge in [0.2, 0.25) is 0 Å². The second-order valence-corrected chi connectivity index (χ2v) is 6.55. The minimum absolute atomic E-state index is 0.545. The van der Waals surface area contributed by atoms with Crippen LogP contribution in [0.5, 0.6) is 0 Å². The molecule has 118 valence electrons. The van der Waals surface area contributed by atoms with Crippen LogP contribution in [0, 0.1) is 0 Å². The van der Waals surface area contributed by atoms with Crippen LogP contribution in [0.1, 0.15) is 32.6 Å². The van der Waals surface area contributed by atoms with Crippen LogP contribution in [0.25, 0.3) is 0 Å². The zero-order valence-corrected chi connectivity index (χ0v) is 14.3. The second kappa shape index (κ2) is 7.90. The Morgan fingerprint density at radius 2 is 2.10 bits per heavy atom. The molecule has 2 rings (SSSR count). The Kier molecular flexibility index (Phi) is 6.19. The summed E-state index contributed by atoms with van der Waals surface area (Å²) in [5.74, 6) is 0. The summed E-state index contributed by atoms with van der Waals surface area (Å²) in [5.41, 5.74) is 2.25. The molecule has 21 heavy (non-hydrogen) atoms. The number of hydrogen-bond donors (Lipinski definition) is 1. The summed E-state index contributed by atoms with van der Waals surface area (Å²) in [4.78, 5) is 4.68. The first-order valence-corrected chi connectivity index (χ1v) is 8.44. The van der Waals surface area contributed by atoms with E-state index in [1.165, 1.54) is 45.3 Å². The fourth-order valence-electron chi connectivity index (χ4n) is 3.15. The van der Waals surface area contributed by atoms with Crippen molar-refractivity contribution in [1.29, 1.82) is 0 Å². The molecule has 1 heterocycles. The van der Waals surface area contributed by atoms with Crippen LogP contribution in [0.2, 0.25) is 5.02 Å². The van der Waals surface area contributed by atoms with Gasteiger partial charge in [0, 0.05) is 26.7 Å². The van der Waals surface area contributed by atoms with Crippen molar-refractivity contribution in [1.82, 2.24) is 4.90 Å². The van der Waals surface area contributed by atoms with Gasteiger partial charge in [-0.05, 0) is 50.9 Å². The predicted octanol–water partition coefficient (Wildman–Crippen LogP) is 4.08. The number of anilines is 2. The zero-order chi connectivity index (χ0) is 15.2. The molecule has 1 aromatic rings. The lowest BCUT2D eigenvalue weighted by molar-refractivity contribution is 0.285. The molecule has 1 aromatic carbocycles. The summed E-state index contributed by atoms with van der Waals surface area (Å²) < 4.78 is 0. The van der Waals surface area contributed by atoms with E-state index >= 15 is 0 Å². The Morgan fingerprint density at radius 3 is 2.81 bits per heavy atom. The molecule has 0 spiro atoms. The maximum atomic E-state index is 6.35. The third kappa shape index (κ3) is 4.52. The number of para-hydroxylation sites is 1. The van der Waals surface area contributed by atoms with Crippen LogP contribution in [-0.4, -0.2) is 44.7 Å². The predicted molar refractivity (Wildman–Crippen MR) is 93.8 cm³/mol. The third-order valence-corrected chi connectivity index (χ3v) is 4.46. The first-order chi connectivity index (χ1) is 10.1. The fraction of sp³-hybridized carbons (Fsp3) is 0.647. The Labute approximate surface area is 134 Å². The number of nitrogens with zero attached hydrogens (tertiary/aromatic N) is 2. The Morgan fingerprint density at radius 1 is 1.29 bits per heavy atom. The van der Waals surface area contributed by atoms with Gasteiger partial charge in [-0.2, -0.15) is 0 Å². The van der Waals surface area contributed by atoms with Gasteiger partial charge in [-0.25, -0.2) is 0 Å². The lowest BCUT2D eigenvalue weighted by Crippen LogP contribution is -2.27. The van der Waals surface area contributed by atoms with E-state index in [0.29, 0.717) is 6.04 Å². The normalized spacial score (nSPS) is 20.1. The first kappa shape index (κ1) is 16.4. The van der Waals surface area contributed by atoms with E-state index < -0.39 is 0 Å². The van der Waals surface area contributed by atoms with Crippen LogP contribution in [0.4, 0.5) is 11.4 Å². The highest BCUT2D eigenvalue weighted by atomic mass is 35.5. The zero-order valence-electron chi connectivity index (χ0n) is 13.5. The number of nitrogens with one attached hydrogen (secondary N) is 1. The molecule has 0 radical (unpaired) electrons. The van der Waals surface area contributed by atoms with Crippen LogP contribution >= 0.6 is 11.6 Å². The van der Waals surface area contributed by atoms with Gasteiger partial charge in [0.1, 0.15) is 0 Å². The first-order valence-electron chi connectivity index (χ1n) is 8.06. The molecule has 0 saturated carbocycles. The lowest BCUT2D eigenvalue weighted by atomic mass is 10.1. The molecule has 3 nitrogen and oxygen atoms in total. The second-order valence-electron chi connectivity index (χ2n) is 6.14. The van der Waals surface area contributed by atoms with Crippen molar-refractivity contribution in [2.45, 2.75) is 38.6 Å². The van der Waals surface area contributed by atoms with E-state index in [0.717, 1.165) is 16.4 Å². The molecular weight excluding hydrogens is 282 g/mol. The van der Waals surface area contributed by atoms with Crippen LogP contribution < -0.4 is 10.2 Å². The number of benzene rings is 1. The maximum Gasteiger partial charge on any atom is 0.0786 e. The quantitative estimate of drug-likeness (QED) is 0.884. The number of hydrogen-bond acceptors (Lipinski definition) is 3. The highest BCUT2D eigenvalue weighted by molar-refractivity contribution is 6.34. The molecular formula is C17H28ClN3. The molecule has 0 aliphatic carbocycles. The number of rotatable bonds is 5. The lowest BCUT2D eigenvalue weighted by Gasteiger charge is -2.24. The SMILES string of the molecule is CCCN1CCCC(Nc2cccc(Cl)c2N(C)C)CC1. The molecule has 4 heteroatoms. The molecule has 1 atom stereocenters. The van der Waals surface area contributed by atoms with Crippen molar-refractivity contribution < 1.29 is 0 Å². The van der Waals surface area contributed by atoms with Crippen molar-refractivity contribution in [3.05, 3.63) is 23.2 Å². The summed E-state index contributed by atoms with van der Waals surface area (Å²) >= 11 is 6.35. The average molecular weight is 310 g/mol. The molecule has 1 unspecified atom stereocenters. The van der Waals surface area contributed by atoms with Gasteiger partial charge < -0.3 is 15.1 Å². The Bertz CT molecular complexity index is 448. The average Bonchev–Trinajstić information content (AvgIpc) is 2.65. The molecule has 1 aliphatic heterocycles.